The van der Waals surface area contributed by atoms with Crippen LogP contribution in [0.3, 0.4) is 0 Å². The number of anilines is 1. The van der Waals surface area contributed by atoms with Crippen LogP contribution in [0.15, 0.2) is 42.5 Å². The normalized spacial score (nSPS) is 10.1. The van der Waals surface area contributed by atoms with Gasteiger partial charge < -0.3 is 14.8 Å². The van der Waals surface area contributed by atoms with Gasteiger partial charge in [-0.1, -0.05) is 18.5 Å². The summed E-state index contributed by atoms with van der Waals surface area (Å²) in [6.45, 7) is 1.54. The van der Waals surface area contributed by atoms with Gasteiger partial charge >= 0.3 is 0 Å². The monoisotopic (exact) mass is 347 g/mol. The maximum absolute atomic E-state index is 12.0. The molecule has 6 heteroatoms. The highest BCUT2D eigenvalue weighted by Gasteiger charge is 2.13. The van der Waals surface area contributed by atoms with Crippen LogP contribution < -0.4 is 14.8 Å². The van der Waals surface area contributed by atoms with Gasteiger partial charge in [0.25, 0.3) is 5.91 Å². The minimum atomic E-state index is -0.329. The summed E-state index contributed by atoms with van der Waals surface area (Å²) in [5.74, 6) is 0.623. The SMILES string of the molecule is CCC(=O)c1cc(Cl)ccc1OCC(=O)Nc1ccc(OC)cc1. The topological polar surface area (TPSA) is 64.6 Å². The van der Waals surface area contributed by atoms with Crippen molar-refractivity contribution in [2.75, 3.05) is 19.0 Å². The van der Waals surface area contributed by atoms with Crippen molar-refractivity contribution in [1.82, 2.24) is 0 Å². The van der Waals surface area contributed by atoms with E-state index in [-0.39, 0.29) is 18.3 Å². The number of Topliss-reactive ketones (excluding diaryl/α,β-unsaturated/α-hetero) is 1. The maximum Gasteiger partial charge on any atom is 0.262 e. The van der Waals surface area contributed by atoms with Crippen LogP contribution in [0.1, 0.15) is 23.7 Å². The van der Waals surface area contributed by atoms with Gasteiger partial charge in [-0.2, -0.15) is 0 Å². The van der Waals surface area contributed by atoms with Crippen molar-refractivity contribution in [2.24, 2.45) is 0 Å². The van der Waals surface area contributed by atoms with Gasteiger partial charge in [-0.15, -0.1) is 0 Å². The molecule has 0 unspecified atom stereocenters. The van der Waals surface area contributed by atoms with Crippen molar-refractivity contribution in [3.05, 3.63) is 53.1 Å². The largest absolute Gasteiger partial charge is 0.497 e. The van der Waals surface area contributed by atoms with Gasteiger partial charge in [-0.05, 0) is 42.5 Å². The summed E-state index contributed by atoms with van der Waals surface area (Å²) < 4.78 is 10.5. The third-order valence-electron chi connectivity index (χ3n) is 3.30. The van der Waals surface area contributed by atoms with E-state index in [0.717, 1.165) is 0 Å². The maximum atomic E-state index is 12.0. The number of carbonyl (C=O) groups is 2. The molecule has 0 aliphatic heterocycles. The molecule has 0 spiro atoms. The van der Waals surface area contributed by atoms with Gasteiger partial charge in [0, 0.05) is 17.1 Å². The smallest absolute Gasteiger partial charge is 0.262 e. The molecular formula is C18H18ClNO4. The van der Waals surface area contributed by atoms with Gasteiger partial charge in [0.2, 0.25) is 0 Å². The van der Waals surface area contributed by atoms with Crippen LogP contribution in [0.4, 0.5) is 5.69 Å². The summed E-state index contributed by atoms with van der Waals surface area (Å²) in [5, 5.41) is 3.15. The Morgan fingerprint density at radius 2 is 1.83 bits per heavy atom. The van der Waals surface area contributed by atoms with E-state index in [4.69, 9.17) is 21.1 Å². The first-order chi connectivity index (χ1) is 11.5. The second-order valence-corrected chi connectivity index (χ2v) is 5.42. The third kappa shape index (κ3) is 4.73. The van der Waals surface area contributed by atoms with Crippen molar-refractivity contribution in [1.29, 1.82) is 0 Å². The van der Waals surface area contributed by atoms with E-state index in [2.05, 4.69) is 5.32 Å². The molecule has 24 heavy (non-hydrogen) atoms. The van der Waals surface area contributed by atoms with E-state index in [9.17, 15) is 9.59 Å². The molecular weight excluding hydrogens is 330 g/mol. The predicted octanol–water partition coefficient (Wildman–Crippen LogP) is 3.96. The predicted molar refractivity (Wildman–Crippen MR) is 93.2 cm³/mol. The number of hydrogen-bond acceptors (Lipinski definition) is 4. The van der Waals surface area contributed by atoms with Crippen LogP contribution in [0.2, 0.25) is 5.02 Å². The quantitative estimate of drug-likeness (QED) is 0.770. The van der Waals surface area contributed by atoms with E-state index in [0.29, 0.717) is 34.2 Å². The van der Waals surface area contributed by atoms with Gasteiger partial charge in [-0.25, -0.2) is 0 Å². The lowest BCUT2D eigenvalue weighted by atomic mass is 10.1. The molecule has 0 atom stereocenters. The zero-order valence-electron chi connectivity index (χ0n) is 13.5. The zero-order chi connectivity index (χ0) is 17.5. The summed E-state index contributed by atoms with van der Waals surface area (Å²) in [6, 6.07) is 11.7. The van der Waals surface area contributed by atoms with Gasteiger partial charge in [-0.3, -0.25) is 9.59 Å². The minimum absolute atomic E-state index is 0.0944. The summed E-state index contributed by atoms with van der Waals surface area (Å²) >= 11 is 5.92. The van der Waals surface area contributed by atoms with Gasteiger partial charge in [0.15, 0.2) is 12.4 Å². The second-order valence-electron chi connectivity index (χ2n) is 4.98. The first kappa shape index (κ1) is 17.8. The highest BCUT2D eigenvalue weighted by atomic mass is 35.5. The van der Waals surface area contributed by atoms with E-state index >= 15 is 0 Å². The molecule has 2 aromatic rings. The molecule has 0 fully saturated rings. The van der Waals surface area contributed by atoms with Crippen LogP contribution >= 0.6 is 11.6 Å². The van der Waals surface area contributed by atoms with E-state index in [1.54, 1.807) is 56.5 Å². The molecule has 1 amide bonds. The molecule has 0 aliphatic carbocycles. The average molecular weight is 348 g/mol. The highest BCUT2D eigenvalue weighted by Crippen LogP contribution is 2.24. The van der Waals surface area contributed by atoms with Crippen molar-refractivity contribution >= 4 is 29.0 Å². The number of ketones is 1. The summed E-state index contributed by atoms with van der Waals surface area (Å²) in [7, 11) is 1.57. The van der Waals surface area contributed by atoms with E-state index in [1.165, 1.54) is 0 Å². The summed E-state index contributed by atoms with van der Waals surface area (Å²) in [4.78, 5) is 23.9. The second kappa shape index (κ2) is 8.36. The fourth-order valence-corrected chi connectivity index (χ4v) is 2.22. The zero-order valence-corrected chi connectivity index (χ0v) is 14.2. The fraction of sp³-hybridized carbons (Fsp3) is 0.222. The van der Waals surface area contributed by atoms with E-state index < -0.39 is 0 Å². The van der Waals surface area contributed by atoms with Gasteiger partial charge in [0.05, 0.1) is 12.7 Å². The minimum Gasteiger partial charge on any atom is -0.497 e. The number of halogens is 1. The lowest BCUT2D eigenvalue weighted by Crippen LogP contribution is -2.20. The Hall–Kier alpha value is -2.53. The molecule has 0 heterocycles. The van der Waals surface area contributed by atoms with Crippen LogP contribution in [-0.4, -0.2) is 25.4 Å². The van der Waals surface area contributed by atoms with Crippen molar-refractivity contribution in [2.45, 2.75) is 13.3 Å². The first-order valence-electron chi connectivity index (χ1n) is 7.43. The Kier molecular flexibility index (Phi) is 6.21. The fourth-order valence-electron chi connectivity index (χ4n) is 2.05. The Balaban J connectivity index is 1.99. The molecule has 2 rings (SSSR count). The standard InChI is InChI=1S/C18H18ClNO4/c1-3-16(21)15-10-12(19)4-9-17(15)24-11-18(22)20-13-5-7-14(23-2)8-6-13/h4-10H,3,11H2,1-2H3,(H,20,22). The average Bonchev–Trinajstić information content (AvgIpc) is 2.60. The molecule has 1 N–H and O–H groups in total. The van der Waals surface area contributed by atoms with Crippen molar-refractivity contribution in [3.63, 3.8) is 0 Å². The van der Waals surface area contributed by atoms with Crippen LogP contribution in [0.5, 0.6) is 11.5 Å². The third-order valence-corrected chi connectivity index (χ3v) is 3.53. The number of hydrogen-bond donors (Lipinski definition) is 1. The lowest BCUT2D eigenvalue weighted by Gasteiger charge is -2.11. The molecule has 0 radical (unpaired) electrons. The number of nitrogens with one attached hydrogen (secondary N) is 1. The Morgan fingerprint density at radius 1 is 1.12 bits per heavy atom. The van der Waals surface area contributed by atoms with Crippen LogP contribution in [0, 0.1) is 0 Å². The molecule has 2 aromatic carbocycles. The molecule has 0 bridgehead atoms. The number of carbonyl (C=O) groups excluding carboxylic acids is 2. The first-order valence-corrected chi connectivity index (χ1v) is 7.80. The lowest BCUT2D eigenvalue weighted by molar-refractivity contribution is -0.118. The number of ether oxygens (including phenoxy) is 2. The molecule has 0 saturated carbocycles. The Morgan fingerprint density at radius 3 is 2.46 bits per heavy atom. The summed E-state index contributed by atoms with van der Waals surface area (Å²) in [6.07, 6.45) is 0.328. The van der Waals surface area contributed by atoms with E-state index in [1.807, 2.05) is 0 Å². The molecule has 0 aromatic heterocycles. The van der Waals surface area contributed by atoms with Crippen molar-refractivity contribution in [3.8, 4) is 11.5 Å². The molecule has 0 aliphatic rings. The Labute approximate surface area is 145 Å². The number of rotatable bonds is 7. The molecule has 5 nitrogen and oxygen atoms in total. The Bertz CT molecular complexity index is 728. The molecule has 126 valence electrons. The summed E-state index contributed by atoms with van der Waals surface area (Å²) in [5.41, 5.74) is 1.01. The number of benzene rings is 2. The van der Waals surface area contributed by atoms with Crippen molar-refractivity contribution < 1.29 is 19.1 Å². The molecule has 0 saturated heterocycles. The number of methoxy groups -OCH3 is 1. The highest BCUT2D eigenvalue weighted by molar-refractivity contribution is 6.31. The number of amides is 1. The van der Waals surface area contributed by atoms with Crippen LogP contribution in [-0.2, 0) is 4.79 Å². The van der Waals surface area contributed by atoms with Crippen LogP contribution in [0.25, 0.3) is 0 Å². The van der Waals surface area contributed by atoms with Gasteiger partial charge in [0.1, 0.15) is 11.5 Å².